The van der Waals surface area contributed by atoms with Gasteiger partial charge in [0.25, 0.3) is 5.91 Å². The Morgan fingerprint density at radius 3 is 2.46 bits per heavy atom. The van der Waals surface area contributed by atoms with E-state index in [4.69, 9.17) is 4.52 Å². The molecule has 1 aliphatic heterocycles. The van der Waals surface area contributed by atoms with Gasteiger partial charge in [-0.3, -0.25) is 10.1 Å². The van der Waals surface area contributed by atoms with Crippen molar-refractivity contribution in [3.63, 3.8) is 0 Å². The maximum absolute atomic E-state index is 12.4. The van der Waals surface area contributed by atoms with Gasteiger partial charge in [-0.25, -0.2) is 0 Å². The Morgan fingerprint density at radius 2 is 1.88 bits per heavy atom. The van der Waals surface area contributed by atoms with Gasteiger partial charge in [-0.05, 0) is 44.7 Å². The van der Waals surface area contributed by atoms with E-state index >= 15 is 0 Å². The molecule has 1 aliphatic rings. The van der Waals surface area contributed by atoms with Crippen LogP contribution in [0.3, 0.4) is 0 Å². The monoisotopic (exact) mass is 328 g/mol. The summed E-state index contributed by atoms with van der Waals surface area (Å²) in [6.45, 7) is 8.06. The van der Waals surface area contributed by atoms with Crippen LogP contribution in [0.4, 0.5) is 11.6 Å². The van der Waals surface area contributed by atoms with E-state index in [1.807, 2.05) is 38.1 Å². The van der Waals surface area contributed by atoms with Crippen molar-refractivity contribution in [2.75, 3.05) is 43.4 Å². The molecule has 1 amide bonds. The Balaban J connectivity index is 1.66. The predicted molar refractivity (Wildman–Crippen MR) is 94.7 cm³/mol. The highest BCUT2D eigenvalue weighted by atomic mass is 16.5. The van der Waals surface area contributed by atoms with Crippen LogP contribution >= 0.6 is 0 Å². The van der Waals surface area contributed by atoms with Crippen molar-refractivity contribution in [3.05, 3.63) is 41.1 Å². The maximum Gasteiger partial charge on any atom is 0.258 e. The van der Waals surface area contributed by atoms with Gasteiger partial charge in [0.15, 0.2) is 0 Å². The quantitative estimate of drug-likeness (QED) is 0.934. The topological polar surface area (TPSA) is 61.6 Å². The molecule has 0 bridgehead atoms. The molecule has 24 heavy (non-hydrogen) atoms. The number of anilines is 2. The van der Waals surface area contributed by atoms with Crippen molar-refractivity contribution in [2.45, 2.75) is 20.3 Å². The number of carbonyl (C=O) groups is 1. The summed E-state index contributed by atoms with van der Waals surface area (Å²) in [5.74, 6) is 0.252. The molecule has 1 fully saturated rings. The smallest absolute Gasteiger partial charge is 0.258 e. The molecule has 128 valence electrons. The van der Waals surface area contributed by atoms with E-state index in [-0.39, 0.29) is 5.91 Å². The van der Waals surface area contributed by atoms with Crippen LogP contribution in [-0.4, -0.2) is 49.2 Å². The number of hydrogen-bond donors (Lipinski definition) is 1. The molecule has 6 heteroatoms. The zero-order valence-electron chi connectivity index (χ0n) is 14.5. The first kappa shape index (κ1) is 16.5. The molecule has 2 heterocycles. The number of nitrogens with zero attached hydrogens (tertiary/aromatic N) is 3. The average molecular weight is 328 g/mol. The van der Waals surface area contributed by atoms with Gasteiger partial charge < -0.3 is 14.3 Å². The van der Waals surface area contributed by atoms with Gasteiger partial charge in [-0.1, -0.05) is 12.1 Å². The van der Waals surface area contributed by atoms with Gasteiger partial charge in [-0.15, -0.1) is 0 Å². The van der Waals surface area contributed by atoms with Crippen molar-refractivity contribution >= 4 is 17.5 Å². The maximum atomic E-state index is 12.4. The first-order valence-corrected chi connectivity index (χ1v) is 8.38. The largest absolute Gasteiger partial charge is 0.369 e. The van der Waals surface area contributed by atoms with E-state index in [9.17, 15) is 4.79 Å². The Labute approximate surface area is 142 Å². The van der Waals surface area contributed by atoms with E-state index < -0.39 is 0 Å². The number of carbonyl (C=O) groups excluding carboxylic acids is 1. The van der Waals surface area contributed by atoms with Crippen molar-refractivity contribution in [3.8, 4) is 0 Å². The second kappa shape index (κ2) is 7.05. The lowest BCUT2D eigenvalue weighted by molar-refractivity contribution is 0.102. The van der Waals surface area contributed by atoms with Crippen LogP contribution in [0, 0.1) is 6.92 Å². The first-order valence-electron chi connectivity index (χ1n) is 8.38. The summed E-state index contributed by atoms with van der Waals surface area (Å²) in [4.78, 5) is 17.0. The second-order valence-corrected chi connectivity index (χ2v) is 6.23. The fourth-order valence-electron chi connectivity index (χ4n) is 2.88. The summed E-state index contributed by atoms with van der Waals surface area (Å²) in [7, 11) is 2.14. The SMILES string of the molecule is CCc1noc(NC(=O)c2ccc(N3CCN(C)CC3)cc2)c1C. The Morgan fingerprint density at radius 1 is 1.21 bits per heavy atom. The van der Waals surface area contributed by atoms with E-state index in [2.05, 4.69) is 27.3 Å². The standard InChI is InChI=1S/C18H24N4O2/c1-4-16-13(2)18(24-20-16)19-17(23)14-5-7-15(8-6-14)22-11-9-21(3)10-12-22/h5-8H,4,9-12H2,1-3H3,(H,19,23). The molecule has 1 aromatic carbocycles. The number of likely N-dealkylation sites (N-methyl/N-ethyl adjacent to an activating group) is 1. The number of nitrogens with one attached hydrogen (secondary N) is 1. The fourth-order valence-corrected chi connectivity index (χ4v) is 2.88. The molecule has 0 saturated carbocycles. The molecule has 0 unspecified atom stereocenters. The molecule has 1 saturated heterocycles. The van der Waals surface area contributed by atoms with Gasteiger partial charge in [0.2, 0.25) is 5.88 Å². The Bertz CT molecular complexity index is 700. The number of hydrogen-bond acceptors (Lipinski definition) is 5. The molecule has 3 rings (SSSR count). The van der Waals surface area contributed by atoms with Crippen molar-refractivity contribution in [1.29, 1.82) is 0 Å². The van der Waals surface area contributed by atoms with Gasteiger partial charge in [0.05, 0.1) is 5.69 Å². The molecule has 2 aromatic rings. The number of amides is 1. The zero-order chi connectivity index (χ0) is 17.1. The number of aromatic nitrogens is 1. The lowest BCUT2D eigenvalue weighted by atomic mass is 10.1. The van der Waals surface area contributed by atoms with E-state index in [0.717, 1.165) is 49.5 Å². The minimum absolute atomic E-state index is 0.179. The second-order valence-electron chi connectivity index (χ2n) is 6.23. The van der Waals surface area contributed by atoms with Gasteiger partial charge >= 0.3 is 0 Å². The summed E-state index contributed by atoms with van der Waals surface area (Å²) in [6, 6.07) is 7.72. The molecule has 1 aromatic heterocycles. The highest BCUT2D eigenvalue weighted by Crippen LogP contribution is 2.21. The number of piperazine rings is 1. The lowest BCUT2D eigenvalue weighted by Gasteiger charge is -2.34. The summed E-state index contributed by atoms with van der Waals surface area (Å²) >= 11 is 0. The first-order chi connectivity index (χ1) is 11.6. The summed E-state index contributed by atoms with van der Waals surface area (Å²) < 4.78 is 5.21. The molecule has 0 spiro atoms. The van der Waals surface area contributed by atoms with E-state index in [1.165, 1.54) is 0 Å². The summed E-state index contributed by atoms with van der Waals surface area (Å²) in [6.07, 6.45) is 0.783. The number of aryl methyl sites for hydroxylation is 1. The van der Waals surface area contributed by atoms with Crippen LogP contribution in [0.5, 0.6) is 0 Å². The molecular formula is C18H24N4O2. The Kier molecular flexibility index (Phi) is 4.85. The zero-order valence-corrected chi connectivity index (χ0v) is 14.5. The van der Waals surface area contributed by atoms with Crippen molar-refractivity contribution < 1.29 is 9.32 Å². The predicted octanol–water partition coefficient (Wildman–Crippen LogP) is 2.55. The highest BCUT2D eigenvalue weighted by Gasteiger charge is 2.16. The van der Waals surface area contributed by atoms with E-state index in [1.54, 1.807) is 0 Å². The highest BCUT2D eigenvalue weighted by molar-refractivity contribution is 6.04. The fraction of sp³-hybridized carbons (Fsp3) is 0.444. The summed E-state index contributed by atoms with van der Waals surface area (Å²) in [5, 5.41) is 6.76. The molecule has 6 nitrogen and oxygen atoms in total. The van der Waals surface area contributed by atoms with E-state index in [0.29, 0.717) is 11.4 Å². The molecule has 0 radical (unpaired) electrons. The van der Waals surface area contributed by atoms with Crippen LogP contribution in [0.25, 0.3) is 0 Å². The third-order valence-electron chi connectivity index (χ3n) is 4.58. The van der Waals surface area contributed by atoms with Crippen LogP contribution in [0.2, 0.25) is 0 Å². The van der Waals surface area contributed by atoms with Crippen LogP contribution in [-0.2, 0) is 6.42 Å². The van der Waals surface area contributed by atoms with Crippen LogP contribution < -0.4 is 10.2 Å². The minimum atomic E-state index is -0.179. The van der Waals surface area contributed by atoms with Crippen LogP contribution in [0.1, 0.15) is 28.5 Å². The van der Waals surface area contributed by atoms with Crippen molar-refractivity contribution in [2.24, 2.45) is 0 Å². The molecule has 0 atom stereocenters. The number of rotatable bonds is 4. The van der Waals surface area contributed by atoms with Gasteiger partial charge in [0.1, 0.15) is 0 Å². The van der Waals surface area contributed by atoms with Gasteiger partial charge in [-0.2, -0.15) is 0 Å². The van der Waals surface area contributed by atoms with Gasteiger partial charge in [0, 0.05) is 43.0 Å². The van der Waals surface area contributed by atoms with Crippen LogP contribution in [0.15, 0.2) is 28.8 Å². The Hall–Kier alpha value is -2.34. The third kappa shape index (κ3) is 3.43. The van der Waals surface area contributed by atoms with Crippen molar-refractivity contribution in [1.82, 2.24) is 10.1 Å². The average Bonchev–Trinajstić information content (AvgIpc) is 2.95. The lowest BCUT2D eigenvalue weighted by Crippen LogP contribution is -2.44. The normalized spacial score (nSPS) is 15.5. The molecule has 0 aliphatic carbocycles. The minimum Gasteiger partial charge on any atom is -0.369 e. The number of benzene rings is 1. The molecular weight excluding hydrogens is 304 g/mol. The summed E-state index contributed by atoms with van der Waals surface area (Å²) in [5.41, 5.74) is 3.53. The molecule has 1 N–H and O–H groups in total. The third-order valence-corrected chi connectivity index (χ3v) is 4.58.